The van der Waals surface area contributed by atoms with E-state index in [1.54, 1.807) is 0 Å². The molecule has 1 N–H and O–H groups in total. The van der Waals surface area contributed by atoms with Crippen LogP contribution in [0.1, 0.15) is 22.5 Å². The third kappa shape index (κ3) is 4.60. The van der Waals surface area contributed by atoms with E-state index in [-0.39, 0.29) is 28.5 Å². The van der Waals surface area contributed by atoms with Gasteiger partial charge in [0, 0.05) is 25.9 Å². The van der Waals surface area contributed by atoms with E-state index in [4.69, 9.17) is 4.74 Å². The van der Waals surface area contributed by atoms with Crippen LogP contribution < -0.4 is 5.32 Å². The molecule has 0 saturated carbocycles. The number of nitrogens with zero attached hydrogens (tertiary/aromatic N) is 2. The van der Waals surface area contributed by atoms with Crippen LogP contribution in [0.15, 0.2) is 35.4 Å². The van der Waals surface area contributed by atoms with Crippen LogP contribution in [-0.4, -0.2) is 43.6 Å². The quantitative estimate of drug-likeness (QED) is 0.802. The first-order chi connectivity index (χ1) is 11.7. The Kier molecular flexibility index (Phi) is 5.85. The Morgan fingerprint density at radius 3 is 2.52 bits per heavy atom. The molecule has 0 bridgehead atoms. The average molecular weight is 373 g/mol. The minimum Gasteiger partial charge on any atom is -0.384 e. The van der Waals surface area contributed by atoms with E-state index in [9.17, 15) is 22.0 Å². The van der Waals surface area contributed by atoms with Gasteiger partial charge in [0.1, 0.15) is 0 Å². The van der Waals surface area contributed by atoms with Crippen LogP contribution in [-0.2, 0) is 21.6 Å². The van der Waals surface area contributed by atoms with Crippen molar-refractivity contribution in [1.82, 2.24) is 9.78 Å². The van der Waals surface area contributed by atoms with Crippen molar-refractivity contribution in [3.05, 3.63) is 41.7 Å². The molecular formula is C15H17F2N3O4S. The number of carbonyl (C=O) groups excluding carboxylic acids is 1. The lowest BCUT2D eigenvalue weighted by Gasteiger charge is -2.07. The van der Waals surface area contributed by atoms with Gasteiger partial charge in [0.15, 0.2) is 15.5 Å². The predicted octanol–water partition coefficient (Wildman–Crippen LogP) is 2.03. The van der Waals surface area contributed by atoms with Crippen molar-refractivity contribution in [2.45, 2.75) is 11.3 Å². The van der Waals surface area contributed by atoms with Gasteiger partial charge in [-0.05, 0) is 24.3 Å². The van der Waals surface area contributed by atoms with Gasteiger partial charge in [-0.25, -0.2) is 17.2 Å². The summed E-state index contributed by atoms with van der Waals surface area (Å²) >= 11 is 0. The number of anilines is 1. The third-order valence-corrected chi connectivity index (χ3v) is 5.04. The lowest BCUT2D eigenvalue weighted by molar-refractivity contribution is 0.102. The van der Waals surface area contributed by atoms with Gasteiger partial charge in [-0.3, -0.25) is 9.48 Å². The highest BCUT2D eigenvalue weighted by molar-refractivity contribution is 7.91. The summed E-state index contributed by atoms with van der Waals surface area (Å²) in [7, 11) is -0.650. The van der Waals surface area contributed by atoms with E-state index in [0.717, 1.165) is 0 Å². The maximum atomic E-state index is 12.9. The Morgan fingerprint density at radius 2 is 1.96 bits per heavy atom. The van der Waals surface area contributed by atoms with E-state index >= 15 is 0 Å². The molecule has 0 spiro atoms. The lowest BCUT2D eigenvalue weighted by Crippen LogP contribution is -2.14. The van der Waals surface area contributed by atoms with Gasteiger partial charge in [0.25, 0.3) is 12.3 Å². The fraction of sp³-hybridized carbons (Fsp3) is 0.333. The number of methoxy groups -OCH3 is 1. The number of aryl methyl sites for hydroxylation is 1. The molecule has 7 nitrogen and oxygen atoms in total. The minimum absolute atomic E-state index is 0.0516. The van der Waals surface area contributed by atoms with Crippen molar-refractivity contribution >= 4 is 21.4 Å². The van der Waals surface area contributed by atoms with E-state index in [0.29, 0.717) is 0 Å². The standard InChI is InChI=1S/C15H17F2N3O4S/c1-20-9-12(13(19-20)14(16)17)18-15(21)10-3-5-11(6-4-10)25(22,23)8-7-24-2/h3-6,9,14H,7-8H2,1-2H3,(H,18,21). The van der Waals surface area contributed by atoms with Gasteiger partial charge in [-0.2, -0.15) is 5.10 Å². The number of benzene rings is 1. The van der Waals surface area contributed by atoms with E-state index in [1.807, 2.05) is 0 Å². The monoisotopic (exact) mass is 373 g/mol. The summed E-state index contributed by atoms with van der Waals surface area (Å²) in [6.07, 6.45) is -1.56. The van der Waals surface area contributed by atoms with Gasteiger partial charge in [-0.15, -0.1) is 0 Å². The molecule has 2 rings (SSSR count). The molecule has 0 aliphatic carbocycles. The van der Waals surface area contributed by atoms with Gasteiger partial charge >= 0.3 is 0 Å². The molecule has 25 heavy (non-hydrogen) atoms. The second-order valence-corrected chi connectivity index (χ2v) is 7.30. The van der Waals surface area contributed by atoms with Crippen LogP contribution >= 0.6 is 0 Å². The molecule has 2 aromatic rings. The first-order valence-electron chi connectivity index (χ1n) is 7.19. The number of hydrogen-bond acceptors (Lipinski definition) is 5. The van der Waals surface area contributed by atoms with Crippen molar-refractivity contribution in [1.29, 1.82) is 0 Å². The summed E-state index contributed by atoms with van der Waals surface area (Å²) in [5.74, 6) is -0.821. The first kappa shape index (κ1) is 19.0. The lowest BCUT2D eigenvalue weighted by atomic mass is 10.2. The number of aromatic nitrogens is 2. The van der Waals surface area contributed by atoms with Crippen molar-refractivity contribution in [2.75, 3.05) is 24.8 Å². The highest BCUT2D eigenvalue weighted by Crippen LogP contribution is 2.25. The minimum atomic E-state index is -3.51. The summed E-state index contributed by atoms with van der Waals surface area (Å²) < 4.78 is 55.7. The SMILES string of the molecule is COCCS(=O)(=O)c1ccc(C(=O)Nc2cn(C)nc2C(F)F)cc1. The molecule has 1 heterocycles. The van der Waals surface area contributed by atoms with E-state index in [2.05, 4.69) is 10.4 Å². The molecule has 1 aromatic carbocycles. The molecule has 136 valence electrons. The fourth-order valence-electron chi connectivity index (χ4n) is 2.08. The normalized spacial score (nSPS) is 11.7. The van der Waals surface area contributed by atoms with Crippen LogP contribution in [0.25, 0.3) is 0 Å². The molecule has 0 saturated heterocycles. The molecule has 1 amide bonds. The van der Waals surface area contributed by atoms with Crippen molar-refractivity contribution in [3.8, 4) is 0 Å². The number of alkyl halides is 2. The highest BCUT2D eigenvalue weighted by atomic mass is 32.2. The molecular weight excluding hydrogens is 356 g/mol. The largest absolute Gasteiger partial charge is 0.384 e. The van der Waals surface area contributed by atoms with Gasteiger partial charge in [-0.1, -0.05) is 0 Å². The zero-order chi connectivity index (χ0) is 18.6. The molecule has 0 fully saturated rings. The molecule has 1 aromatic heterocycles. The number of halogens is 2. The second kappa shape index (κ2) is 7.70. The van der Waals surface area contributed by atoms with Crippen LogP contribution in [0.4, 0.5) is 14.5 Å². The Hall–Kier alpha value is -2.33. The third-order valence-electron chi connectivity index (χ3n) is 3.34. The number of rotatable bonds is 7. The Balaban J connectivity index is 2.16. The van der Waals surface area contributed by atoms with Crippen LogP contribution in [0.5, 0.6) is 0 Å². The maximum Gasteiger partial charge on any atom is 0.284 e. The number of nitrogens with one attached hydrogen (secondary N) is 1. The maximum absolute atomic E-state index is 12.9. The van der Waals surface area contributed by atoms with E-state index < -0.39 is 27.9 Å². The van der Waals surface area contributed by atoms with Crippen LogP contribution in [0.2, 0.25) is 0 Å². The number of hydrogen-bond donors (Lipinski definition) is 1. The second-order valence-electron chi connectivity index (χ2n) is 5.19. The highest BCUT2D eigenvalue weighted by Gasteiger charge is 2.20. The number of sulfone groups is 1. The molecule has 0 radical (unpaired) electrons. The van der Waals surface area contributed by atoms with Crippen molar-refractivity contribution < 1.29 is 26.7 Å². The Bertz CT molecular complexity index is 848. The zero-order valence-electron chi connectivity index (χ0n) is 13.6. The summed E-state index contributed by atoms with van der Waals surface area (Å²) in [5.41, 5.74) is -0.497. The Labute approximate surface area is 143 Å². The summed E-state index contributed by atoms with van der Waals surface area (Å²) in [4.78, 5) is 12.2. The topological polar surface area (TPSA) is 90.3 Å². The van der Waals surface area contributed by atoms with Crippen LogP contribution in [0.3, 0.4) is 0 Å². The molecule has 0 aliphatic rings. The summed E-state index contributed by atoms with van der Waals surface area (Å²) in [6.45, 7) is 0.0575. The molecule has 0 unspecified atom stereocenters. The van der Waals surface area contributed by atoms with Gasteiger partial charge in [0.05, 0.1) is 22.9 Å². The smallest absolute Gasteiger partial charge is 0.284 e. The van der Waals surface area contributed by atoms with Gasteiger partial charge < -0.3 is 10.1 Å². The fourth-order valence-corrected chi connectivity index (χ4v) is 3.25. The van der Waals surface area contributed by atoms with E-state index in [1.165, 1.54) is 49.3 Å². The zero-order valence-corrected chi connectivity index (χ0v) is 14.4. The van der Waals surface area contributed by atoms with Gasteiger partial charge in [0.2, 0.25) is 0 Å². The summed E-state index contributed by atoms with van der Waals surface area (Å²) in [6, 6.07) is 5.20. The number of ether oxygens (including phenoxy) is 1. The van der Waals surface area contributed by atoms with Crippen molar-refractivity contribution in [2.24, 2.45) is 7.05 Å². The Morgan fingerprint density at radius 1 is 1.32 bits per heavy atom. The number of amides is 1. The molecule has 0 aliphatic heterocycles. The van der Waals surface area contributed by atoms with Crippen molar-refractivity contribution in [3.63, 3.8) is 0 Å². The molecule has 10 heteroatoms. The summed E-state index contributed by atoms with van der Waals surface area (Å²) in [5, 5.41) is 5.94. The molecule has 0 atom stereocenters. The first-order valence-corrected chi connectivity index (χ1v) is 8.84. The van der Waals surface area contributed by atoms with Crippen LogP contribution in [0, 0.1) is 0 Å². The predicted molar refractivity (Wildman–Crippen MR) is 86.5 cm³/mol. The number of carbonyl (C=O) groups is 1. The average Bonchev–Trinajstić information content (AvgIpc) is 2.93.